The summed E-state index contributed by atoms with van der Waals surface area (Å²) in [6, 6.07) is 7.00. The maximum Gasteiger partial charge on any atom is 0.320 e. The number of nitrogens with zero attached hydrogens (tertiary/aromatic N) is 1. The van der Waals surface area contributed by atoms with Crippen LogP contribution in [0.4, 0.5) is 0 Å². The number of nitrogens with one attached hydrogen (secondary N) is 1. The van der Waals surface area contributed by atoms with Crippen LogP contribution in [0.3, 0.4) is 0 Å². The van der Waals surface area contributed by atoms with E-state index in [1.165, 1.54) is 4.90 Å². The average molecular weight is 331 g/mol. The Morgan fingerprint density at radius 1 is 1.32 bits per heavy atom. The van der Waals surface area contributed by atoms with Gasteiger partial charge in [-0.3, -0.25) is 14.5 Å². The molecule has 1 rings (SSSR count). The molecular weight excluding hydrogens is 308 g/mol. The third kappa shape index (κ3) is 6.43. The van der Waals surface area contributed by atoms with Crippen molar-refractivity contribution in [2.75, 3.05) is 20.7 Å². The molecule has 0 heterocycles. The largest absolute Gasteiger partial charge is 0.480 e. The summed E-state index contributed by atoms with van der Waals surface area (Å²) in [6.45, 7) is 2.47. The minimum absolute atomic E-state index is 0. The predicted octanol–water partition coefficient (Wildman–Crippen LogP) is 1.28. The van der Waals surface area contributed by atoms with E-state index in [1.807, 2.05) is 24.3 Å². The van der Waals surface area contributed by atoms with Crippen molar-refractivity contribution in [1.29, 1.82) is 0 Å². The Bertz CT molecular complexity index is 496. The molecule has 6 nitrogen and oxygen atoms in total. The summed E-state index contributed by atoms with van der Waals surface area (Å²) < 4.78 is 5.11. The summed E-state index contributed by atoms with van der Waals surface area (Å²) in [5, 5.41) is 11.7. The van der Waals surface area contributed by atoms with Crippen LogP contribution in [0.15, 0.2) is 24.3 Å². The fourth-order valence-corrected chi connectivity index (χ4v) is 1.83. The Morgan fingerprint density at radius 3 is 2.45 bits per heavy atom. The van der Waals surface area contributed by atoms with Crippen LogP contribution in [-0.4, -0.2) is 48.6 Å². The first-order valence-corrected chi connectivity index (χ1v) is 6.71. The lowest BCUT2D eigenvalue weighted by atomic mass is 10.1. The lowest BCUT2D eigenvalue weighted by Gasteiger charge is -2.20. The number of hydrogen-bond donors (Lipinski definition) is 2. The molecule has 0 spiro atoms. The molecule has 1 unspecified atom stereocenters. The fourth-order valence-electron chi connectivity index (χ4n) is 1.83. The molecule has 0 aliphatic rings. The summed E-state index contributed by atoms with van der Waals surface area (Å²) in [6.07, 6.45) is 0. The number of hydrogen-bond acceptors (Lipinski definition) is 4. The lowest BCUT2D eigenvalue weighted by Crippen LogP contribution is -2.42. The molecule has 22 heavy (non-hydrogen) atoms. The van der Waals surface area contributed by atoms with Crippen molar-refractivity contribution in [2.45, 2.75) is 26.1 Å². The number of carbonyl (C=O) groups is 2. The zero-order valence-electron chi connectivity index (χ0n) is 13.0. The van der Waals surface area contributed by atoms with Crippen LogP contribution in [0.1, 0.15) is 18.1 Å². The van der Waals surface area contributed by atoms with Crippen molar-refractivity contribution < 1.29 is 19.4 Å². The summed E-state index contributed by atoms with van der Waals surface area (Å²) in [5.74, 6) is -1.16. The van der Waals surface area contributed by atoms with Crippen LogP contribution in [-0.2, 0) is 27.5 Å². The fraction of sp³-hybridized carbons (Fsp3) is 0.467. The molecule has 7 heteroatoms. The molecular formula is C15H23ClN2O4. The Morgan fingerprint density at radius 2 is 1.91 bits per heavy atom. The molecule has 0 saturated heterocycles. The van der Waals surface area contributed by atoms with Gasteiger partial charge in [-0.15, -0.1) is 12.4 Å². The second kappa shape index (κ2) is 10.2. The monoisotopic (exact) mass is 330 g/mol. The zero-order valence-corrected chi connectivity index (χ0v) is 13.9. The molecule has 0 saturated carbocycles. The van der Waals surface area contributed by atoms with E-state index in [0.717, 1.165) is 11.1 Å². The normalized spacial score (nSPS) is 11.6. The Hall–Kier alpha value is -1.63. The van der Waals surface area contributed by atoms with Crippen molar-refractivity contribution in [3.8, 4) is 0 Å². The van der Waals surface area contributed by atoms with Gasteiger partial charge in [-0.2, -0.15) is 0 Å². The minimum atomic E-state index is -0.948. The molecule has 0 fully saturated rings. The van der Waals surface area contributed by atoms with E-state index in [4.69, 9.17) is 9.84 Å². The van der Waals surface area contributed by atoms with E-state index in [9.17, 15) is 9.59 Å². The van der Waals surface area contributed by atoms with Crippen LogP contribution in [0.5, 0.6) is 0 Å². The van der Waals surface area contributed by atoms with E-state index in [2.05, 4.69) is 5.32 Å². The molecule has 0 aliphatic carbocycles. The number of rotatable bonds is 8. The van der Waals surface area contributed by atoms with Crippen LogP contribution >= 0.6 is 12.4 Å². The SMILES string of the molecule is COCc1ccccc1CNC(=O)CN(C)C(C)C(=O)O.Cl. The Kier molecular flexibility index (Phi) is 9.40. The number of ether oxygens (including phenoxy) is 1. The number of methoxy groups -OCH3 is 1. The number of aliphatic carboxylic acids is 1. The van der Waals surface area contributed by atoms with Crippen LogP contribution in [0.2, 0.25) is 0 Å². The van der Waals surface area contributed by atoms with Crippen molar-refractivity contribution in [2.24, 2.45) is 0 Å². The van der Waals surface area contributed by atoms with Crippen molar-refractivity contribution >= 4 is 24.3 Å². The molecule has 1 aromatic carbocycles. The highest BCUT2D eigenvalue weighted by atomic mass is 35.5. The molecule has 124 valence electrons. The van der Waals surface area contributed by atoms with E-state index in [0.29, 0.717) is 13.2 Å². The highest BCUT2D eigenvalue weighted by molar-refractivity contribution is 5.85. The van der Waals surface area contributed by atoms with Crippen molar-refractivity contribution in [3.63, 3.8) is 0 Å². The number of carboxylic acid groups (broad SMARTS) is 1. The average Bonchev–Trinajstić information content (AvgIpc) is 2.45. The molecule has 0 bridgehead atoms. The third-order valence-electron chi connectivity index (χ3n) is 3.31. The van der Waals surface area contributed by atoms with Gasteiger partial charge in [0.25, 0.3) is 0 Å². The first-order valence-electron chi connectivity index (χ1n) is 6.71. The van der Waals surface area contributed by atoms with Crippen LogP contribution in [0.25, 0.3) is 0 Å². The second-order valence-electron chi connectivity index (χ2n) is 4.91. The summed E-state index contributed by atoms with van der Waals surface area (Å²) in [5.41, 5.74) is 2.01. The Labute approximate surface area is 136 Å². The predicted molar refractivity (Wildman–Crippen MR) is 86.0 cm³/mol. The number of carbonyl (C=O) groups excluding carboxylic acids is 1. The number of likely N-dealkylation sites (N-methyl/N-ethyl adjacent to an activating group) is 1. The van der Waals surface area contributed by atoms with E-state index in [1.54, 1.807) is 21.1 Å². The lowest BCUT2D eigenvalue weighted by molar-refractivity contribution is -0.142. The number of halogens is 1. The highest BCUT2D eigenvalue weighted by Gasteiger charge is 2.18. The van der Waals surface area contributed by atoms with Gasteiger partial charge in [0.1, 0.15) is 6.04 Å². The maximum absolute atomic E-state index is 11.8. The number of benzene rings is 1. The third-order valence-corrected chi connectivity index (χ3v) is 3.31. The Balaban J connectivity index is 0.00000441. The highest BCUT2D eigenvalue weighted by Crippen LogP contribution is 2.09. The minimum Gasteiger partial charge on any atom is -0.480 e. The molecule has 1 aromatic rings. The summed E-state index contributed by atoms with van der Waals surface area (Å²) >= 11 is 0. The summed E-state index contributed by atoms with van der Waals surface area (Å²) in [4.78, 5) is 24.2. The van der Waals surface area contributed by atoms with Gasteiger partial charge in [-0.25, -0.2) is 0 Å². The van der Waals surface area contributed by atoms with Gasteiger partial charge >= 0.3 is 5.97 Å². The molecule has 0 aromatic heterocycles. The second-order valence-corrected chi connectivity index (χ2v) is 4.91. The van der Waals surface area contributed by atoms with Gasteiger partial charge in [0.2, 0.25) is 5.91 Å². The van der Waals surface area contributed by atoms with E-state index in [-0.39, 0.29) is 24.9 Å². The van der Waals surface area contributed by atoms with Crippen LogP contribution in [0, 0.1) is 0 Å². The molecule has 1 amide bonds. The molecule has 0 aliphatic heterocycles. The number of amides is 1. The first-order chi connectivity index (χ1) is 9.95. The van der Waals surface area contributed by atoms with Gasteiger partial charge in [-0.1, -0.05) is 24.3 Å². The smallest absolute Gasteiger partial charge is 0.320 e. The van der Waals surface area contributed by atoms with Gasteiger partial charge in [0.05, 0.1) is 13.2 Å². The van der Waals surface area contributed by atoms with Crippen molar-refractivity contribution in [1.82, 2.24) is 10.2 Å². The van der Waals surface area contributed by atoms with Crippen molar-refractivity contribution in [3.05, 3.63) is 35.4 Å². The van der Waals surface area contributed by atoms with Gasteiger partial charge in [0, 0.05) is 13.7 Å². The maximum atomic E-state index is 11.8. The van der Waals surface area contributed by atoms with Crippen LogP contribution < -0.4 is 5.32 Å². The topological polar surface area (TPSA) is 78.9 Å². The van der Waals surface area contributed by atoms with E-state index < -0.39 is 12.0 Å². The van der Waals surface area contributed by atoms with Gasteiger partial charge in [-0.05, 0) is 25.1 Å². The first kappa shape index (κ1) is 20.4. The number of carboxylic acids is 1. The van der Waals surface area contributed by atoms with Gasteiger partial charge < -0.3 is 15.2 Å². The summed E-state index contributed by atoms with van der Waals surface area (Å²) in [7, 11) is 3.23. The molecule has 1 atom stereocenters. The zero-order chi connectivity index (χ0) is 15.8. The van der Waals surface area contributed by atoms with Gasteiger partial charge in [0.15, 0.2) is 0 Å². The molecule has 0 radical (unpaired) electrons. The van der Waals surface area contributed by atoms with E-state index >= 15 is 0 Å². The molecule has 2 N–H and O–H groups in total. The quantitative estimate of drug-likeness (QED) is 0.750. The standard InChI is InChI=1S/C15H22N2O4.ClH/c1-11(15(19)20)17(2)9-14(18)16-8-12-6-4-5-7-13(12)10-21-3;/h4-7,11H,8-10H2,1-3H3,(H,16,18)(H,19,20);1H.